The van der Waals surface area contributed by atoms with Gasteiger partial charge in [0.2, 0.25) is 0 Å². The number of nitrogens with zero attached hydrogens (tertiary/aromatic N) is 2. The zero-order valence-electron chi connectivity index (χ0n) is 22.9. The minimum atomic E-state index is 0.947. The molecule has 0 N–H and O–H groups in total. The molecule has 0 aliphatic carbocycles. The first-order valence-corrected chi connectivity index (χ1v) is 14.2. The van der Waals surface area contributed by atoms with Crippen molar-refractivity contribution in [3.05, 3.63) is 158 Å². The fraction of sp³-hybridized carbons (Fsp3) is 0. The number of aromatic nitrogens is 2. The Morgan fingerprint density at radius 1 is 0.333 bits per heavy atom. The van der Waals surface area contributed by atoms with Gasteiger partial charge in [-0.25, -0.2) is 0 Å². The molecule has 0 amide bonds. The molecule has 6 aromatic carbocycles. The molecule has 0 unspecified atom stereocenters. The summed E-state index contributed by atoms with van der Waals surface area (Å²) in [6.45, 7) is 0. The summed E-state index contributed by atoms with van der Waals surface area (Å²) in [5.74, 6) is 0. The zero-order chi connectivity index (χ0) is 27.9. The highest BCUT2D eigenvalue weighted by Crippen LogP contribution is 2.44. The molecule has 0 atom stereocenters. The highest BCUT2D eigenvalue weighted by Gasteiger charge is 2.16. The van der Waals surface area contributed by atoms with Gasteiger partial charge in [0.05, 0.1) is 5.69 Å². The molecule has 0 aliphatic heterocycles. The van der Waals surface area contributed by atoms with E-state index >= 15 is 0 Å². The maximum atomic E-state index is 4.59. The molecular formula is C40H26N2. The zero-order valence-corrected chi connectivity index (χ0v) is 22.9. The van der Waals surface area contributed by atoms with Crippen LogP contribution < -0.4 is 0 Å². The number of pyridine rings is 2. The Hall–Kier alpha value is -5.60. The smallest absolute Gasteiger partial charge is 0.0709 e. The molecule has 2 nitrogen and oxygen atoms in total. The van der Waals surface area contributed by atoms with E-state index < -0.39 is 0 Å². The van der Waals surface area contributed by atoms with Crippen LogP contribution in [-0.2, 0) is 0 Å². The van der Waals surface area contributed by atoms with Gasteiger partial charge in [-0.15, -0.1) is 0 Å². The second-order valence-corrected chi connectivity index (χ2v) is 10.6. The summed E-state index contributed by atoms with van der Waals surface area (Å²) in [5, 5.41) is 7.52. The highest BCUT2D eigenvalue weighted by molar-refractivity contribution is 6.21. The van der Waals surface area contributed by atoms with Gasteiger partial charge in [0.15, 0.2) is 0 Å². The van der Waals surface area contributed by atoms with Crippen LogP contribution in [0.5, 0.6) is 0 Å². The number of benzene rings is 6. The summed E-state index contributed by atoms with van der Waals surface area (Å²) in [6.07, 6.45) is 5.49. The van der Waals surface area contributed by atoms with Crippen LogP contribution in [0.1, 0.15) is 0 Å². The number of hydrogen-bond donors (Lipinski definition) is 0. The maximum Gasteiger partial charge on any atom is 0.0709 e. The monoisotopic (exact) mass is 534 g/mol. The van der Waals surface area contributed by atoms with Crippen LogP contribution in [0.2, 0.25) is 0 Å². The van der Waals surface area contributed by atoms with Gasteiger partial charge < -0.3 is 0 Å². The number of rotatable bonds is 4. The molecule has 0 saturated heterocycles. The Bertz CT molecular complexity index is 2180. The van der Waals surface area contributed by atoms with E-state index in [4.69, 9.17) is 0 Å². The van der Waals surface area contributed by atoms with E-state index in [0.29, 0.717) is 0 Å². The van der Waals surface area contributed by atoms with E-state index in [9.17, 15) is 0 Å². The quantitative estimate of drug-likeness (QED) is 0.210. The summed E-state index contributed by atoms with van der Waals surface area (Å²) < 4.78 is 0. The van der Waals surface area contributed by atoms with Crippen molar-refractivity contribution >= 4 is 32.3 Å². The van der Waals surface area contributed by atoms with Crippen LogP contribution in [0.3, 0.4) is 0 Å². The maximum absolute atomic E-state index is 4.59. The van der Waals surface area contributed by atoms with Crippen LogP contribution in [-0.4, -0.2) is 9.97 Å². The summed E-state index contributed by atoms with van der Waals surface area (Å²) >= 11 is 0. The lowest BCUT2D eigenvalue weighted by molar-refractivity contribution is 1.29. The van der Waals surface area contributed by atoms with Gasteiger partial charge in [0, 0.05) is 24.2 Å². The lowest BCUT2D eigenvalue weighted by Gasteiger charge is -2.18. The van der Waals surface area contributed by atoms with Crippen molar-refractivity contribution in [3.8, 4) is 44.6 Å². The molecule has 0 saturated carbocycles. The van der Waals surface area contributed by atoms with Gasteiger partial charge in [-0.05, 0) is 102 Å². The van der Waals surface area contributed by atoms with E-state index in [1.165, 1.54) is 60.1 Å². The van der Waals surface area contributed by atoms with Crippen LogP contribution in [0.25, 0.3) is 77.0 Å². The highest BCUT2D eigenvalue weighted by atomic mass is 14.7. The van der Waals surface area contributed by atoms with Crippen LogP contribution in [0, 0.1) is 0 Å². The van der Waals surface area contributed by atoms with Crippen LogP contribution in [0.15, 0.2) is 158 Å². The summed E-state index contributed by atoms with van der Waals surface area (Å²) in [4.78, 5) is 8.73. The minimum absolute atomic E-state index is 0.947. The molecule has 8 rings (SSSR count). The Morgan fingerprint density at radius 3 is 1.48 bits per heavy atom. The number of fused-ring (bicyclic) bond motifs is 3. The fourth-order valence-corrected chi connectivity index (χ4v) is 6.23. The average Bonchev–Trinajstić information content (AvgIpc) is 3.07. The summed E-state index contributed by atoms with van der Waals surface area (Å²) in [5.41, 5.74) is 9.38. The second-order valence-electron chi connectivity index (χ2n) is 10.6. The molecule has 0 radical (unpaired) electrons. The van der Waals surface area contributed by atoms with Crippen molar-refractivity contribution in [2.45, 2.75) is 0 Å². The van der Waals surface area contributed by atoms with Crippen LogP contribution in [0.4, 0.5) is 0 Å². The molecular weight excluding hydrogens is 508 g/mol. The van der Waals surface area contributed by atoms with Crippen molar-refractivity contribution in [2.75, 3.05) is 0 Å². The van der Waals surface area contributed by atoms with Crippen LogP contribution >= 0.6 is 0 Å². The molecule has 2 heterocycles. The van der Waals surface area contributed by atoms with Gasteiger partial charge in [-0.3, -0.25) is 9.97 Å². The predicted octanol–water partition coefficient (Wildman–Crippen LogP) is 10.6. The first-order valence-electron chi connectivity index (χ1n) is 14.2. The molecule has 2 aromatic heterocycles. The number of hydrogen-bond acceptors (Lipinski definition) is 2. The Kier molecular flexibility index (Phi) is 5.82. The van der Waals surface area contributed by atoms with E-state index in [1.807, 2.05) is 18.3 Å². The lowest BCUT2D eigenvalue weighted by Crippen LogP contribution is -1.91. The normalized spacial score (nSPS) is 11.3. The third-order valence-corrected chi connectivity index (χ3v) is 8.19. The van der Waals surface area contributed by atoms with Gasteiger partial charge in [-0.1, -0.05) is 103 Å². The molecule has 42 heavy (non-hydrogen) atoms. The van der Waals surface area contributed by atoms with Gasteiger partial charge in [0.25, 0.3) is 0 Å². The average molecular weight is 535 g/mol. The third kappa shape index (κ3) is 4.13. The fourth-order valence-electron chi connectivity index (χ4n) is 6.23. The molecule has 0 fully saturated rings. The Balaban J connectivity index is 1.28. The SMILES string of the molecule is c1ccc(-c2c3ccccc3c(-c3ccc4cc(-c5ccnc(-c6ccncc6)c5)ccc4c3)c3ccccc23)cc1. The van der Waals surface area contributed by atoms with Crippen molar-refractivity contribution in [2.24, 2.45) is 0 Å². The van der Waals surface area contributed by atoms with Gasteiger partial charge in [-0.2, -0.15) is 0 Å². The Morgan fingerprint density at radius 2 is 0.833 bits per heavy atom. The predicted molar refractivity (Wildman–Crippen MR) is 176 cm³/mol. The summed E-state index contributed by atoms with van der Waals surface area (Å²) in [6, 6.07) is 50.2. The van der Waals surface area contributed by atoms with Crippen molar-refractivity contribution in [3.63, 3.8) is 0 Å². The lowest BCUT2D eigenvalue weighted by atomic mass is 9.85. The first kappa shape index (κ1) is 24.2. The molecule has 0 spiro atoms. The first-order chi connectivity index (χ1) is 20.8. The third-order valence-electron chi connectivity index (χ3n) is 8.19. The molecule has 0 aliphatic rings. The van der Waals surface area contributed by atoms with Crippen molar-refractivity contribution < 1.29 is 0 Å². The Labute approximate surface area is 244 Å². The van der Waals surface area contributed by atoms with Gasteiger partial charge >= 0.3 is 0 Å². The topological polar surface area (TPSA) is 25.8 Å². The second kappa shape index (κ2) is 10.1. The summed E-state index contributed by atoms with van der Waals surface area (Å²) in [7, 11) is 0. The molecule has 8 aromatic rings. The standard InChI is InChI=1S/C40H26N2/c1-2-8-28(9-3-1)39-34-10-4-6-12-36(34)40(37-13-7-5-11-35(37)39)33-17-16-29-24-30(14-15-31(29)25-33)32-20-23-42-38(26-32)27-18-21-41-22-19-27/h1-26H. The van der Waals surface area contributed by atoms with E-state index in [2.05, 4.69) is 137 Å². The van der Waals surface area contributed by atoms with E-state index in [0.717, 1.165) is 16.8 Å². The molecule has 2 heteroatoms. The largest absolute Gasteiger partial charge is 0.265 e. The van der Waals surface area contributed by atoms with Crippen molar-refractivity contribution in [1.82, 2.24) is 9.97 Å². The molecule has 0 bridgehead atoms. The molecule has 196 valence electrons. The van der Waals surface area contributed by atoms with Crippen molar-refractivity contribution in [1.29, 1.82) is 0 Å². The van der Waals surface area contributed by atoms with E-state index in [-0.39, 0.29) is 0 Å². The minimum Gasteiger partial charge on any atom is -0.265 e. The van der Waals surface area contributed by atoms with Gasteiger partial charge in [0.1, 0.15) is 0 Å². The van der Waals surface area contributed by atoms with E-state index in [1.54, 1.807) is 12.4 Å².